The smallest absolute Gasteiger partial charge is 0.309 e. The van der Waals surface area contributed by atoms with E-state index in [1.54, 1.807) is 6.07 Å². The van der Waals surface area contributed by atoms with Gasteiger partial charge in [-0.05, 0) is 43.4 Å². The Morgan fingerprint density at radius 1 is 1.56 bits per heavy atom. The first-order valence-electron chi connectivity index (χ1n) is 5.61. The third-order valence-corrected chi connectivity index (χ3v) is 2.90. The molecule has 2 nitrogen and oxygen atoms in total. The first-order chi connectivity index (χ1) is 7.70. The molecule has 1 aromatic carbocycles. The molecule has 1 aliphatic rings. The fourth-order valence-corrected chi connectivity index (χ4v) is 1.98. The average molecular weight is 222 g/mol. The number of esters is 1. The maximum Gasteiger partial charge on any atom is 0.309 e. The summed E-state index contributed by atoms with van der Waals surface area (Å²) in [5.41, 5.74) is 0.955. The van der Waals surface area contributed by atoms with Gasteiger partial charge in [-0.2, -0.15) is 0 Å². The number of carbonyl (C=O) groups excluding carboxylic acids is 1. The molecule has 16 heavy (non-hydrogen) atoms. The van der Waals surface area contributed by atoms with Crippen LogP contribution in [0.2, 0.25) is 0 Å². The van der Waals surface area contributed by atoms with Crippen molar-refractivity contribution in [3.05, 3.63) is 35.6 Å². The van der Waals surface area contributed by atoms with Crippen LogP contribution in [0.1, 0.15) is 18.9 Å². The molecule has 86 valence electrons. The van der Waals surface area contributed by atoms with Gasteiger partial charge in [-0.15, -0.1) is 0 Å². The van der Waals surface area contributed by atoms with Crippen molar-refractivity contribution in [2.75, 3.05) is 6.61 Å². The van der Waals surface area contributed by atoms with Gasteiger partial charge in [0, 0.05) is 0 Å². The Bertz CT molecular complexity index is 389. The van der Waals surface area contributed by atoms with Crippen LogP contribution in [0, 0.1) is 17.7 Å². The Labute approximate surface area is 94.4 Å². The van der Waals surface area contributed by atoms with E-state index in [2.05, 4.69) is 0 Å². The second-order valence-corrected chi connectivity index (χ2v) is 4.19. The van der Waals surface area contributed by atoms with E-state index in [1.165, 1.54) is 12.1 Å². The zero-order chi connectivity index (χ0) is 11.5. The number of hydrogen-bond acceptors (Lipinski definition) is 2. The third kappa shape index (κ3) is 2.60. The molecule has 0 spiro atoms. The molecule has 1 aliphatic carbocycles. The Morgan fingerprint density at radius 3 is 3.06 bits per heavy atom. The van der Waals surface area contributed by atoms with E-state index in [9.17, 15) is 9.18 Å². The van der Waals surface area contributed by atoms with Crippen LogP contribution >= 0.6 is 0 Å². The molecule has 0 aromatic heterocycles. The molecule has 0 saturated heterocycles. The molecule has 3 heteroatoms. The van der Waals surface area contributed by atoms with Crippen molar-refractivity contribution in [3.63, 3.8) is 0 Å². The summed E-state index contributed by atoms with van der Waals surface area (Å²) >= 11 is 0. The molecule has 1 aromatic rings. The van der Waals surface area contributed by atoms with Crippen LogP contribution in [-0.2, 0) is 16.0 Å². The van der Waals surface area contributed by atoms with Gasteiger partial charge in [0.2, 0.25) is 0 Å². The number of benzene rings is 1. The van der Waals surface area contributed by atoms with E-state index in [0.717, 1.165) is 18.4 Å². The van der Waals surface area contributed by atoms with Gasteiger partial charge in [-0.3, -0.25) is 4.79 Å². The predicted octanol–water partition coefficient (Wildman–Crippen LogP) is 2.57. The van der Waals surface area contributed by atoms with Crippen molar-refractivity contribution >= 4 is 5.97 Å². The van der Waals surface area contributed by atoms with E-state index >= 15 is 0 Å². The van der Waals surface area contributed by atoms with E-state index in [-0.39, 0.29) is 17.7 Å². The molecule has 1 saturated carbocycles. The lowest BCUT2D eigenvalue weighted by atomic mass is 10.1. The monoisotopic (exact) mass is 222 g/mol. The van der Waals surface area contributed by atoms with Crippen molar-refractivity contribution in [2.24, 2.45) is 11.8 Å². The van der Waals surface area contributed by atoms with Gasteiger partial charge in [0.05, 0.1) is 12.5 Å². The molecule has 0 amide bonds. The van der Waals surface area contributed by atoms with Crippen molar-refractivity contribution in [1.29, 1.82) is 0 Å². The number of rotatable bonds is 4. The van der Waals surface area contributed by atoms with Crippen LogP contribution in [0.25, 0.3) is 0 Å². The van der Waals surface area contributed by atoms with Gasteiger partial charge in [0.15, 0.2) is 0 Å². The lowest BCUT2D eigenvalue weighted by Gasteiger charge is -2.01. The molecule has 0 N–H and O–H groups in total. The van der Waals surface area contributed by atoms with Crippen LogP contribution in [0.5, 0.6) is 0 Å². The Morgan fingerprint density at radius 2 is 2.38 bits per heavy atom. The fraction of sp³-hybridized carbons (Fsp3) is 0.462. The zero-order valence-corrected chi connectivity index (χ0v) is 9.28. The summed E-state index contributed by atoms with van der Waals surface area (Å²) in [7, 11) is 0. The SMILES string of the molecule is CCOC(=O)C1CC1Cc1cccc(F)c1. The lowest BCUT2D eigenvalue weighted by molar-refractivity contribution is -0.145. The minimum Gasteiger partial charge on any atom is -0.466 e. The highest BCUT2D eigenvalue weighted by Gasteiger charge is 2.43. The molecule has 0 bridgehead atoms. The number of halogens is 1. The summed E-state index contributed by atoms with van der Waals surface area (Å²) in [4.78, 5) is 11.4. The van der Waals surface area contributed by atoms with Crippen molar-refractivity contribution in [2.45, 2.75) is 19.8 Å². The topological polar surface area (TPSA) is 26.3 Å². The standard InChI is InChI=1S/C13H15FO2/c1-2-16-13(15)12-8-10(12)6-9-4-3-5-11(14)7-9/h3-5,7,10,12H,2,6,8H2,1H3. The molecule has 2 rings (SSSR count). The fourth-order valence-electron chi connectivity index (χ4n) is 1.98. The largest absolute Gasteiger partial charge is 0.466 e. The predicted molar refractivity (Wildman–Crippen MR) is 58.3 cm³/mol. The van der Waals surface area contributed by atoms with Crippen LogP contribution in [-0.4, -0.2) is 12.6 Å². The average Bonchev–Trinajstić information content (AvgIpc) is 2.97. The van der Waals surface area contributed by atoms with Crippen LogP contribution in [0.4, 0.5) is 4.39 Å². The first-order valence-corrected chi connectivity index (χ1v) is 5.61. The first kappa shape index (κ1) is 11.1. The molecular weight excluding hydrogens is 207 g/mol. The van der Waals surface area contributed by atoms with Crippen molar-refractivity contribution in [1.82, 2.24) is 0 Å². The minimum atomic E-state index is -0.217. The maximum absolute atomic E-state index is 12.9. The van der Waals surface area contributed by atoms with Gasteiger partial charge in [0.1, 0.15) is 5.82 Å². The lowest BCUT2D eigenvalue weighted by Crippen LogP contribution is -2.08. The summed E-state index contributed by atoms with van der Waals surface area (Å²) in [6, 6.07) is 6.55. The second-order valence-electron chi connectivity index (χ2n) is 4.19. The van der Waals surface area contributed by atoms with Crippen LogP contribution < -0.4 is 0 Å². The summed E-state index contributed by atoms with van der Waals surface area (Å²) in [5.74, 6) is 0.0406. The molecular formula is C13H15FO2. The van der Waals surface area contributed by atoms with Crippen molar-refractivity contribution < 1.29 is 13.9 Å². The highest BCUT2D eigenvalue weighted by Crippen LogP contribution is 2.41. The van der Waals surface area contributed by atoms with Gasteiger partial charge in [-0.25, -0.2) is 4.39 Å². The van der Waals surface area contributed by atoms with Gasteiger partial charge < -0.3 is 4.74 Å². The molecule has 0 heterocycles. The number of ether oxygens (including phenoxy) is 1. The normalized spacial score (nSPS) is 22.9. The molecule has 2 atom stereocenters. The Balaban J connectivity index is 1.87. The van der Waals surface area contributed by atoms with Crippen molar-refractivity contribution in [3.8, 4) is 0 Å². The highest BCUT2D eigenvalue weighted by molar-refractivity contribution is 5.75. The third-order valence-electron chi connectivity index (χ3n) is 2.90. The van der Waals surface area contributed by atoms with Crippen LogP contribution in [0.15, 0.2) is 24.3 Å². The van der Waals surface area contributed by atoms with Gasteiger partial charge in [0.25, 0.3) is 0 Å². The molecule has 0 radical (unpaired) electrons. The summed E-state index contributed by atoms with van der Waals surface area (Å²) < 4.78 is 17.9. The second kappa shape index (κ2) is 4.64. The van der Waals surface area contributed by atoms with Crippen LogP contribution in [0.3, 0.4) is 0 Å². The molecule has 2 unspecified atom stereocenters. The number of carbonyl (C=O) groups is 1. The Hall–Kier alpha value is -1.38. The molecule has 0 aliphatic heterocycles. The van der Waals surface area contributed by atoms with Gasteiger partial charge in [-0.1, -0.05) is 12.1 Å². The maximum atomic E-state index is 12.9. The van der Waals surface area contributed by atoms with E-state index in [1.807, 2.05) is 13.0 Å². The summed E-state index contributed by atoms with van der Waals surface area (Å²) in [6.45, 7) is 2.24. The zero-order valence-electron chi connectivity index (χ0n) is 9.28. The minimum absolute atomic E-state index is 0.0308. The van der Waals surface area contributed by atoms with E-state index in [0.29, 0.717) is 12.5 Å². The van der Waals surface area contributed by atoms with Gasteiger partial charge >= 0.3 is 5.97 Å². The quantitative estimate of drug-likeness (QED) is 0.732. The molecule has 1 fully saturated rings. The number of hydrogen-bond donors (Lipinski definition) is 0. The van der Waals surface area contributed by atoms with E-state index in [4.69, 9.17) is 4.74 Å². The van der Waals surface area contributed by atoms with E-state index < -0.39 is 0 Å². The highest BCUT2D eigenvalue weighted by atomic mass is 19.1. The Kier molecular flexibility index (Phi) is 3.22. The summed E-state index contributed by atoms with van der Waals surface area (Å²) in [5, 5.41) is 0. The summed E-state index contributed by atoms with van der Waals surface area (Å²) in [6.07, 6.45) is 1.64.